The van der Waals surface area contributed by atoms with Gasteiger partial charge in [0.2, 0.25) is 0 Å². The minimum atomic E-state index is -0.229. The number of nitrogens with zero attached hydrogens (tertiary/aromatic N) is 2. The highest BCUT2D eigenvalue weighted by Crippen LogP contribution is 2.26. The molecule has 4 heteroatoms. The van der Waals surface area contributed by atoms with Crippen LogP contribution in [0.2, 0.25) is 0 Å². The molecular formula is C10H12N3O-. The number of anilines is 1. The highest BCUT2D eigenvalue weighted by molar-refractivity contribution is 5.88. The molecule has 74 valence electrons. The Labute approximate surface area is 82.0 Å². The van der Waals surface area contributed by atoms with E-state index in [1.54, 1.807) is 10.6 Å². The van der Waals surface area contributed by atoms with Crippen LogP contribution in [0.25, 0.3) is 11.0 Å². The Morgan fingerprint density at radius 3 is 2.79 bits per heavy atom. The molecule has 0 unspecified atom stereocenters. The maximum absolute atomic E-state index is 11.5. The van der Waals surface area contributed by atoms with E-state index in [4.69, 9.17) is 5.73 Å². The Morgan fingerprint density at radius 1 is 1.43 bits per heavy atom. The topological polar surface area (TPSA) is 66.9 Å². The molecule has 2 aromatic rings. The van der Waals surface area contributed by atoms with Gasteiger partial charge >= 0.3 is 0 Å². The molecule has 0 bridgehead atoms. The third-order valence-electron chi connectivity index (χ3n) is 2.24. The average Bonchev–Trinajstić information content (AvgIpc) is 2.42. The summed E-state index contributed by atoms with van der Waals surface area (Å²) in [5, 5.41) is 11.5. The summed E-state index contributed by atoms with van der Waals surface area (Å²) in [5.41, 5.74) is 7.69. The lowest BCUT2D eigenvalue weighted by Crippen LogP contribution is -2.06. The normalized spacial score (nSPS) is 11.4. The fraction of sp³-hybridized carbons (Fsp3) is 0.300. The van der Waals surface area contributed by atoms with Crippen LogP contribution in [0.3, 0.4) is 0 Å². The van der Waals surface area contributed by atoms with Crippen LogP contribution in [0.1, 0.15) is 19.9 Å². The molecule has 0 aliphatic heterocycles. The quantitative estimate of drug-likeness (QED) is 0.688. The number of hydrogen-bond donors (Lipinski definition) is 1. The lowest BCUT2D eigenvalue weighted by Gasteiger charge is -2.14. The first-order valence-corrected chi connectivity index (χ1v) is 4.54. The predicted molar refractivity (Wildman–Crippen MR) is 54.0 cm³/mol. The number of hydrogen-bond acceptors (Lipinski definition) is 3. The maximum Gasteiger partial charge on any atom is 0.111 e. The van der Waals surface area contributed by atoms with E-state index in [2.05, 4.69) is 4.98 Å². The fourth-order valence-electron chi connectivity index (χ4n) is 1.62. The van der Waals surface area contributed by atoms with Gasteiger partial charge in [-0.3, -0.25) is 0 Å². The first-order chi connectivity index (χ1) is 6.61. The van der Waals surface area contributed by atoms with Crippen LogP contribution in [0.15, 0.2) is 18.2 Å². The molecule has 4 nitrogen and oxygen atoms in total. The first-order valence-electron chi connectivity index (χ1n) is 4.54. The molecule has 2 rings (SSSR count). The van der Waals surface area contributed by atoms with Crippen LogP contribution in [0, 0.1) is 0 Å². The summed E-state index contributed by atoms with van der Waals surface area (Å²) >= 11 is 0. The van der Waals surface area contributed by atoms with E-state index in [-0.39, 0.29) is 12.1 Å². The lowest BCUT2D eigenvalue weighted by atomic mass is 10.2. The van der Waals surface area contributed by atoms with Crippen LogP contribution in [-0.2, 0) is 0 Å². The lowest BCUT2D eigenvalue weighted by molar-refractivity contribution is -0.285. The van der Waals surface area contributed by atoms with Crippen molar-refractivity contribution in [3.8, 4) is 6.01 Å². The molecule has 0 fully saturated rings. The second kappa shape index (κ2) is 2.90. The molecule has 14 heavy (non-hydrogen) atoms. The van der Waals surface area contributed by atoms with Gasteiger partial charge in [0.05, 0.1) is 17.2 Å². The van der Waals surface area contributed by atoms with E-state index in [9.17, 15) is 5.11 Å². The minimum absolute atomic E-state index is 0.106. The Balaban J connectivity index is 2.83. The van der Waals surface area contributed by atoms with Gasteiger partial charge in [-0.15, -0.1) is 0 Å². The molecule has 1 heterocycles. The van der Waals surface area contributed by atoms with Crippen molar-refractivity contribution in [1.29, 1.82) is 0 Å². The first kappa shape index (κ1) is 8.87. The van der Waals surface area contributed by atoms with Crippen LogP contribution < -0.4 is 10.8 Å². The number of para-hydroxylation sites is 1. The van der Waals surface area contributed by atoms with Crippen molar-refractivity contribution in [3.05, 3.63) is 18.2 Å². The van der Waals surface area contributed by atoms with E-state index in [0.717, 1.165) is 5.52 Å². The summed E-state index contributed by atoms with van der Waals surface area (Å²) in [5.74, 6) is 0. The Kier molecular flexibility index (Phi) is 1.84. The summed E-state index contributed by atoms with van der Waals surface area (Å²) in [4.78, 5) is 3.92. The summed E-state index contributed by atoms with van der Waals surface area (Å²) in [6.45, 7) is 3.90. The van der Waals surface area contributed by atoms with E-state index in [1.807, 2.05) is 26.0 Å². The molecule has 0 aliphatic rings. The van der Waals surface area contributed by atoms with Gasteiger partial charge in [0.15, 0.2) is 0 Å². The van der Waals surface area contributed by atoms with Gasteiger partial charge in [-0.1, -0.05) is 6.07 Å². The van der Waals surface area contributed by atoms with Crippen molar-refractivity contribution < 1.29 is 5.11 Å². The summed E-state index contributed by atoms with van der Waals surface area (Å²) in [6.07, 6.45) is 0. The van der Waals surface area contributed by atoms with E-state index < -0.39 is 0 Å². The van der Waals surface area contributed by atoms with Gasteiger partial charge in [-0.05, 0) is 26.0 Å². The number of benzene rings is 1. The van der Waals surface area contributed by atoms with Crippen LogP contribution >= 0.6 is 0 Å². The Bertz CT molecular complexity index is 473. The van der Waals surface area contributed by atoms with Crippen molar-refractivity contribution in [2.24, 2.45) is 0 Å². The SMILES string of the molecule is CC(C)n1c([O-])nc2c(N)cccc21. The van der Waals surface area contributed by atoms with Crippen molar-refractivity contribution in [2.75, 3.05) is 5.73 Å². The smallest absolute Gasteiger partial charge is 0.111 e. The largest absolute Gasteiger partial charge is 0.846 e. The van der Waals surface area contributed by atoms with Crippen LogP contribution in [-0.4, -0.2) is 9.55 Å². The Morgan fingerprint density at radius 2 is 2.14 bits per heavy atom. The van der Waals surface area contributed by atoms with Gasteiger partial charge in [0.1, 0.15) is 5.52 Å². The summed E-state index contributed by atoms with van der Waals surface area (Å²) < 4.78 is 1.64. The zero-order valence-electron chi connectivity index (χ0n) is 8.19. The Hall–Kier alpha value is -1.71. The summed E-state index contributed by atoms with van der Waals surface area (Å²) in [6, 6.07) is 5.32. The van der Waals surface area contributed by atoms with Crippen LogP contribution in [0.5, 0.6) is 6.01 Å². The van der Waals surface area contributed by atoms with Gasteiger partial charge < -0.3 is 15.4 Å². The molecule has 2 N–H and O–H groups in total. The van der Waals surface area contributed by atoms with Gasteiger partial charge in [0.25, 0.3) is 0 Å². The number of fused-ring (bicyclic) bond motifs is 1. The van der Waals surface area contributed by atoms with Crippen LogP contribution in [0.4, 0.5) is 5.69 Å². The number of rotatable bonds is 1. The molecule has 1 aromatic carbocycles. The zero-order valence-corrected chi connectivity index (χ0v) is 8.19. The van der Waals surface area contributed by atoms with Gasteiger partial charge in [-0.2, -0.15) is 0 Å². The van der Waals surface area contributed by atoms with E-state index in [1.165, 1.54) is 0 Å². The van der Waals surface area contributed by atoms with E-state index >= 15 is 0 Å². The molecular weight excluding hydrogens is 178 g/mol. The molecule has 0 radical (unpaired) electrons. The van der Waals surface area contributed by atoms with Gasteiger partial charge in [0, 0.05) is 6.04 Å². The molecule has 0 saturated carbocycles. The number of imidazole rings is 1. The standard InChI is InChI=1S/C10H13N3O/c1-6(2)13-8-5-3-4-7(11)9(8)12-10(13)14/h3-6H,11H2,1-2H3,(H,12,14)/p-1. The maximum atomic E-state index is 11.5. The predicted octanol–water partition coefficient (Wildman–Crippen LogP) is 1.27. The number of nitrogen functional groups attached to an aromatic ring is 1. The summed E-state index contributed by atoms with van der Waals surface area (Å²) in [7, 11) is 0. The van der Waals surface area contributed by atoms with E-state index in [0.29, 0.717) is 11.2 Å². The molecule has 0 spiro atoms. The second-order valence-corrected chi connectivity index (χ2v) is 3.57. The molecule has 0 amide bonds. The monoisotopic (exact) mass is 190 g/mol. The highest BCUT2D eigenvalue weighted by Gasteiger charge is 2.08. The molecule has 0 atom stereocenters. The third kappa shape index (κ3) is 1.11. The number of nitrogens with two attached hydrogens (primary N) is 1. The van der Waals surface area contributed by atoms with Crippen molar-refractivity contribution >= 4 is 16.7 Å². The zero-order chi connectivity index (χ0) is 10.3. The minimum Gasteiger partial charge on any atom is -0.846 e. The van der Waals surface area contributed by atoms with Crippen molar-refractivity contribution in [2.45, 2.75) is 19.9 Å². The molecule has 0 aliphatic carbocycles. The third-order valence-corrected chi connectivity index (χ3v) is 2.24. The van der Waals surface area contributed by atoms with Crippen molar-refractivity contribution in [1.82, 2.24) is 9.55 Å². The van der Waals surface area contributed by atoms with Gasteiger partial charge in [-0.25, -0.2) is 4.98 Å². The molecule has 1 aromatic heterocycles. The van der Waals surface area contributed by atoms with Crippen molar-refractivity contribution in [3.63, 3.8) is 0 Å². The highest BCUT2D eigenvalue weighted by atomic mass is 16.3. The average molecular weight is 190 g/mol. The second-order valence-electron chi connectivity index (χ2n) is 3.57. The number of aromatic nitrogens is 2. The fourth-order valence-corrected chi connectivity index (χ4v) is 1.62. The molecule has 0 saturated heterocycles.